The highest BCUT2D eigenvalue weighted by Gasteiger charge is 2.16. The number of hydrogen-bond acceptors (Lipinski definition) is 2. The molecule has 4 nitrogen and oxygen atoms in total. The summed E-state index contributed by atoms with van der Waals surface area (Å²) in [5.74, 6) is -0.179. The van der Waals surface area contributed by atoms with Gasteiger partial charge in [-0.3, -0.25) is 4.79 Å². The number of benzene rings is 3. The zero-order chi connectivity index (χ0) is 21.8. The molecule has 0 spiro atoms. The summed E-state index contributed by atoms with van der Waals surface area (Å²) in [5.41, 5.74) is 7.78. The van der Waals surface area contributed by atoms with Crippen LogP contribution in [-0.2, 0) is 17.8 Å². The van der Waals surface area contributed by atoms with Crippen molar-refractivity contribution in [2.45, 2.75) is 19.9 Å². The third-order valence-electron chi connectivity index (χ3n) is 5.23. The molecule has 0 fully saturated rings. The van der Waals surface area contributed by atoms with E-state index in [-0.39, 0.29) is 12.3 Å². The Morgan fingerprint density at radius 3 is 2.52 bits per heavy atom. The van der Waals surface area contributed by atoms with E-state index in [9.17, 15) is 4.79 Å². The first-order chi connectivity index (χ1) is 15.0. The first-order valence-corrected chi connectivity index (χ1v) is 10.7. The maximum Gasteiger partial charge on any atom is 0.244 e. The van der Waals surface area contributed by atoms with Gasteiger partial charge in [0.25, 0.3) is 0 Å². The normalized spacial score (nSPS) is 11.3. The largest absolute Gasteiger partial charge is 0.340 e. The van der Waals surface area contributed by atoms with Gasteiger partial charge < -0.3 is 4.57 Å². The minimum Gasteiger partial charge on any atom is -0.340 e. The van der Waals surface area contributed by atoms with Gasteiger partial charge in [-0.05, 0) is 41.8 Å². The average Bonchev–Trinajstić information content (AvgIpc) is 3.03. The molecule has 31 heavy (non-hydrogen) atoms. The van der Waals surface area contributed by atoms with E-state index in [1.54, 1.807) is 24.4 Å². The number of para-hydroxylation sites is 1. The fourth-order valence-corrected chi connectivity index (χ4v) is 3.97. The minimum atomic E-state index is -0.179. The van der Waals surface area contributed by atoms with E-state index in [1.807, 2.05) is 30.3 Å². The summed E-state index contributed by atoms with van der Waals surface area (Å²) in [6, 6.07) is 23.7. The second kappa shape index (κ2) is 9.38. The molecule has 0 unspecified atom stereocenters. The molecule has 0 atom stereocenters. The fourth-order valence-electron chi connectivity index (χ4n) is 3.67. The van der Waals surface area contributed by atoms with Crippen molar-refractivity contribution in [3.63, 3.8) is 0 Å². The lowest BCUT2D eigenvalue weighted by Crippen LogP contribution is -2.20. The third-order valence-corrected chi connectivity index (χ3v) is 5.97. The zero-order valence-corrected chi connectivity index (χ0v) is 18.5. The molecule has 0 saturated heterocycles. The lowest BCUT2D eigenvalue weighted by atomic mass is 10.1. The molecule has 1 N–H and O–H groups in total. The first kappa shape index (κ1) is 21.2. The summed E-state index contributed by atoms with van der Waals surface area (Å²) in [5, 5.41) is 6.06. The van der Waals surface area contributed by atoms with Crippen molar-refractivity contribution in [3.8, 4) is 0 Å². The predicted octanol–water partition coefficient (Wildman–Crippen LogP) is 6.00. The second-order valence-corrected chi connectivity index (χ2v) is 8.11. The van der Waals surface area contributed by atoms with E-state index in [4.69, 9.17) is 23.2 Å². The summed E-state index contributed by atoms with van der Waals surface area (Å²) in [6.07, 6.45) is 1.79. The van der Waals surface area contributed by atoms with Gasteiger partial charge in [0, 0.05) is 23.1 Å². The molecule has 0 aliphatic heterocycles. The van der Waals surface area contributed by atoms with Gasteiger partial charge in [0.15, 0.2) is 0 Å². The quantitative estimate of drug-likeness (QED) is 0.284. The Balaban J connectivity index is 1.54. The number of rotatable bonds is 6. The summed E-state index contributed by atoms with van der Waals surface area (Å²) in [4.78, 5) is 12.6. The number of fused-ring (bicyclic) bond motifs is 1. The van der Waals surface area contributed by atoms with Gasteiger partial charge in [0.05, 0.1) is 22.7 Å². The number of carbonyl (C=O) groups excluding carboxylic acids is 1. The topological polar surface area (TPSA) is 46.4 Å². The highest BCUT2D eigenvalue weighted by Crippen LogP contribution is 2.27. The number of hydrazone groups is 1. The number of nitrogens with zero attached hydrogens (tertiary/aromatic N) is 2. The van der Waals surface area contributed by atoms with Crippen molar-refractivity contribution in [2.24, 2.45) is 5.10 Å². The van der Waals surface area contributed by atoms with Crippen LogP contribution in [0.4, 0.5) is 0 Å². The van der Waals surface area contributed by atoms with E-state index in [0.29, 0.717) is 10.0 Å². The number of aromatic nitrogens is 1. The molecule has 6 heteroatoms. The van der Waals surface area contributed by atoms with Gasteiger partial charge in [0.1, 0.15) is 0 Å². The molecule has 3 aromatic carbocycles. The Morgan fingerprint density at radius 1 is 1.00 bits per heavy atom. The monoisotopic (exact) mass is 449 g/mol. The number of nitrogens with one attached hydrogen (secondary N) is 1. The van der Waals surface area contributed by atoms with E-state index in [0.717, 1.165) is 34.3 Å². The Labute approximate surface area is 191 Å². The number of hydrogen-bond donors (Lipinski definition) is 1. The van der Waals surface area contributed by atoms with Crippen LogP contribution >= 0.6 is 23.2 Å². The van der Waals surface area contributed by atoms with Crippen LogP contribution in [0.25, 0.3) is 10.9 Å². The SMILES string of the molecule is Cc1c(CC(=O)N/N=C/c2ccc(Cl)c(Cl)c2)c2ccccc2n1Cc1ccccc1. The first-order valence-electron chi connectivity index (χ1n) is 9.90. The molecule has 0 saturated carbocycles. The molecule has 156 valence electrons. The molecule has 4 aromatic rings. The number of halogens is 2. The van der Waals surface area contributed by atoms with Crippen LogP contribution in [0.1, 0.15) is 22.4 Å². The molecule has 0 bridgehead atoms. The Morgan fingerprint density at radius 2 is 1.74 bits per heavy atom. The van der Waals surface area contributed by atoms with Gasteiger partial charge in [0.2, 0.25) is 5.91 Å². The van der Waals surface area contributed by atoms with Gasteiger partial charge in [-0.1, -0.05) is 77.8 Å². The molecule has 4 rings (SSSR count). The third kappa shape index (κ3) is 4.82. The molecular formula is C25H21Cl2N3O. The Kier molecular flexibility index (Phi) is 6.40. The minimum absolute atomic E-state index is 0.179. The highest BCUT2D eigenvalue weighted by molar-refractivity contribution is 6.42. The van der Waals surface area contributed by atoms with Gasteiger partial charge in [-0.2, -0.15) is 5.10 Å². The smallest absolute Gasteiger partial charge is 0.244 e. The van der Waals surface area contributed by atoms with Crippen LogP contribution in [-0.4, -0.2) is 16.7 Å². The van der Waals surface area contributed by atoms with Crippen LogP contribution in [0, 0.1) is 6.92 Å². The van der Waals surface area contributed by atoms with Crippen LogP contribution in [0.5, 0.6) is 0 Å². The van der Waals surface area contributed by atoms with E-state index < -0.39 is 0 Å². The zero-order valence-electron chi connectivity index (χ0n) is 17.0. The fraction of sp³-hybridized carbons (Fsp3) is 0.120. The molecule has 1 amide bonds. The molecule has 0 radical (unpaired) electrons. The standard InChI is InChI=1S/C25H21Cl2N3O/c1-17-21(14-25(31)29-28-15-19-11-12-22(26)23(27)13-19)20-9-5-6-10-24(20)30(17)16-18-7-3-2-4-8-18/h2-13,15H,14,16H2,1H3,(H,29,31)/b28-15+. The van der Waals surface area contributed by atoms with Crippen LogP contribution in [0.15, 0.2) is 77.9 Å². The molecular weight excluding hydrogens is 429 g/mol. The number of carbonyl (C=O) groups is 1. The Hall–Kier alpha value is -3.08. The lowest BCUT2D eigenvalue weighted by Gasteiger charge is -2.09. The van der Waals surface area contributed by atoms with Crippen molar-refractivity contribution in [1.29, 1.82) is 0 Å². The maximum atomic E-state index is 12.6. The van der Waals surface area contributed by atoms with Crippen molar-refractivity contribution < 1.29 is 4.79 Å². The predicted molar refractivity (Wildman–Crippen MR) is 128 cm³/mol. The summed E-state index contributed by atoms with van der Waals surface area (Å²) in [6.45, 7) is 2.81. The van der Waals surface area contributed by atoms with Crippen LogP contribution in [0.3, 0.4) is 0 Å². The van der Waals surface area contributed by atoms with Crippen molar-refractivity contribution in [2.75, 3.05) is 0 Å². The summed E-state index contributed by atoms with van der Waals surface area (Å²) >= 11 is 11.9. The van der Waals surface area contributed by atoms with Crippen LogP contribution < -0.4 is 5.43 Å². The van der Waals surface area contributed by atoms with E-state index in [2.05, 4.69) is 46.3 Å². The number of amides is 1. The maximum absolute atomic E-state index is 12.6. The van der Waals surface area contributed by atoms with Crippen LogP contribution in [0.2, 0.25) is 10.0 Å². The Bertz CT molecular complexity index is 1260. The van der Waals surface area contributed by atoms with Gasteiger partial charge in [-0.25, -0.2) is 5.43 Å². The van der Waals surface area contributed by atoms with Crippen molar-refractivity contribution >= 4 is 46.2 Å². The second-order valence-electron chi connectivity index (χ2n) is 7.30. The van der Waals surface area contributed by atoms with Gasteiger partial charge in [-0.15, -0.1) is 0 Å². The van der Waals surface area contributed by atoms with E-state index >= 15 is 0 Å². The van der Waals surface area contributed by atoms with Crippen molar-refractivity contribution in [1.82, 2.24) is 9.99 Å². The van der Waals surface area contributed by atoms with Gasteiger partial charge >= 0.3 is 0 Å². The highest BCUT2D eigenvalue weighted by atomic mass is 35.5. The molecule has 1 aromatic heterocycles. The molecule has 0 aliphatic carbocycles. The molecule has 0 aliphatic rings. The lowest BCUT2D eigenvalue weighted by molar-refractivity contribution is -0.120. The van der Waals surface area contributed by atoms with Crippen molar-refractivity contribution in [3.05, 3.63) is 105 Å². The summed E-state index contributed by atoms with van der Waals surface area (Å²) in [7, 11) is 0. The summed E-state index contributed by atoms with van der Waals surface area (Å²) < 4.78 is 2.26. The van der Waals surface area contributed by atoms with E-state index in [1.165, 1.54) is 5.56 Å². The average molecular weight is 450 g/mol. The molecule has 1 heterocycles.